The summed E-state index contributed by atoms with van der Waals surface area (Å²) in [5, 5.41) is 0. The van der Waals surface area contributed by atoms with Crippen LogP contribution >= 0.6 is 0 Å². The molecule has 2 aliphatic heterocycles. The van der Waals surface area contributed by atoms with Crippen LogP contribution in [0.15, 0.2) is 9.91 Å². The van der Waals surface area contributed by atoms with Gasteiger partial charge in [0.2, 0.25) is 0 Å². The van der Waals surface area contributed by atoms with Crippen molar-refractivity contribution in [3.8, 4) is 0 Å². The van der Waals surface area contributed by atoms with Crippen LogP contribution in [0.5, 0.6) is 0 Å². The molecule has 2 rings (SSSR count). The predicted octanol–water partition coefficient (Wildman–Crippen LogP) is 2.38. The summed E-state index contributed by atoms with van der Waals surface area (Å²) in [7, 11) is 0. The van der Waals surface area contributed by atoms with E-state index in [0.717, 1.165) is 19.6 Å². The Morgan fingerprint density at radius 2 is 2.43 bits per heavy atom. The van der Waals surface area contributed by atoms with Crippen LogP contribution in [0.2, 0.25) is 8.86 Å². The zero-order valence-electron chi connectivity index (χ0n) is 8.95. The Morgan fingerprint density at radius 1 is 1.50 bits per heavy atom. The van der Waals surface area contributed by atoms with Crippen LogP contribution in [-0.2, 0) is 9.47 Å². The third-order valence-electron chi connectivity index (χ3n) is 3.02. The molecular formula is C11H19InO2. The molecule has 3 heteroatoms. The maximum atomic E-state index is 5.78. The van der Waals surface area contributed by atoms with Gasteiger partial charge in [-0.25, -0.2) is 0 Å². The summed E-state index contributed by atoms with van der Waals surface area (Å²) in [6, 6.07) is 0. The van der Waals surface area contributed by atoms with Crippen LogP contribution in [0.25, 0.3) is 0 Å². The summed E-state index contributed by atoms with van der Waals surface area (Å²) in [5.41, 5.74) is 0. The van der Waals surface area contributed by atoms with E-state index in [0.29, 0.717) is 5.92 Å². The summed E-state index contributed by atoms with van der Waals surface area (Å²) in [6.07, 6.45) is 6.04. The van der Waals surface area contributed by atoms with Gasteiger partial charge in [-0.2, -0.15) is 0 Å². The SMILES string of the molecule is [CH3][In]1[CH]=CC(COC2CCCCO2)[CH2]1. The molecule has 0 amide bonds. The molecule has 1 fully saturated rings. The Balaban J connectivity index is 1.64. The molecule has 78 valence electrons. The predicted molar refractivity (Wildman–Crippen MR) is 58.6 cm³/mol. The van der Waals surface area contributed by atoms with Crippen molar-refractivity contribution in [2.24, 2.45) is 5.92 Å². The molecule has 2 nitrogen and oxygen atoms in total. The van der Waals surface area contributed by atoms with Gasteiger partial charge >= 0.3 is 94.4 Å². The molecule has 2 atom stereocenters. The first-order valence-corrected chi connectivity index (χ1v) is 13.3. The van der Waals surface area contributed by atoms with E-state index in [1.165, 1.54) is 17.0 Å². The molecule has 0 spiro atoms. The summed E-state index contributed by atoms with van der Waals surface area (Å²) in [4.78, 5) is 0. The van der Waals surface area contributed by atoms with Gasteiger partial charge in [0.05, 0.1) is 0 Å². The van der Waals surface area contributed by atoms with Gasteiger partial charge in [0.1, 0.15) is 0 Å². The van der Waals surface area contributed by atoms with E-state index in [4.69, 9.17) is 9.47 Å². The topological polar surface area (TPSA) is 18.5 Å². The van der Waals surface area contributed by atoms with E-state index in [9.17, 15) is 0 Å². The second kappa shape index (κ2) is 5.57. The zero-order chi connectivity index (χ0) is 9.80. The van der Waals surface area contributed by atoms with Crippen LogP contribution in [0.1, 0.15) is 19.3 Å². The molecular weight excluding hydrogens is 279 g/mol. The van der Waals surface area contributed by atoms with Gasteiger partial charge in [-0.3, -0.25) is 0 Å². The first kappa shape index (κ1) is 11.0. The van der Waals surface area contributed by atoms with E-state index >= 15 is 0 Å². The molecule has 0 saturated carbocycles. The Bertz CT molecular complexity index is 199. The van der Waals surface area contributed by atoms with E-state index in [1.807, 2.05) is 0 Å². The van der Waals surface area contributed by atoms with Gasteiger partial charge in [-0.1, -0.05) is 0 Å². The fraction of sp³-hybridized carbons (Fsp3) is 0.818. The van der Waals surface area contributed by atoms with Crippen molar-refractivity contribution in [2.45, 2.75) is 34.4 Å². The van der Waals surface area contributed by atoms with Crippen molar-refractivity contribution < 1.29 is 9.47 Å². The van der Waals surface area contributed by atoms with E-state index in [-0.39, 0.29) is 6.29 Å². The van der Waals surface area contributed by atoms with Crippen LogP contribution in [0.3, 0.4) is 0 Å². The fourth-order valence-electron chi connectivity index (χ4n) is 2.18. The number of hydrogen-bond donors (Lipinski definition) is 0. The van der Waals surface area contributed by atoms with E-state index in [2.05, 4.69) is 14.6 Å². The van der Waals surface area contributed by atoms with Gasteiger partial charge in [0, 0.05) is 0 Å². The third kappa shape index (κ3) is 3.28. The molecule has 0 aliphatic carbocycles. The Labute approximate surface area is 94.2 Å². The Hall–Kier alpha value is 0.530. The zero-order valence-corrected chi connectivity index (χ0v) is 12.2. The molecule has 0 aromatic heterocycles. The molecule has 0 bridgehead atoms. The molecule has 0 radical (unpaired) electrons. The summed E-state index contributed by atoms with van der Waals surface area (Å²) in [5.74, 6) is 0.714. The molecule has 0 N–H and O–H groups in total. The van der Waals surface area contributed by atoms with Gasteiger partial charge < -0.3 is 0 Å². The Kier molecular flexibility index (Phi) is 4.39. The van der Waals surface area contributed by atoms with Gasteiger partial charge in [-0.05, 0) is 0 Å². The standard InChI is InChI=1S/C10H16O2.CH3.In/c1-3-9(2)8-12-10-6-4-5-7-11-10;;/h1,3,9-10H,2,4-8H2;1H3;. The van der Waals surface area contributed by atoms with Gasteiger partial charge in [0.15, 0.2) is 0 Å². The van der Waals surface area contributed by atoms with Crippen molar-refractivity contribution in [3.63, 3.8) is 0 Å². The maximum absolute atomic E-state index is 5.78. The number of rotatable bonds is 3. The van der Waals surface area contributed by atoms with Crippen LogP contribution in [0, 0.1) is 5.92 Å². The average Bonchev–Trinajstić information content (AvgIpc) is 2.63. The van der Waals surface area contributed by atoms with Crippen LogP contribution in [0.4, 0.5) is 0 Å². The quantitative estimate of drug-likeness (QED) is 0.796. The average molecular weight is 298 g/mol. The summed E-state index contributed by atoms with van der Waals surface area (Å²) < 4.78 is 17.7. The van der Waals surface area contributed by atoms with Gasteiger partial charge in [0.25, 0.3) is 0 Å². The summed E-state index contributed by atoms with van der Waals surface area (Å²) >= 11 is -1.10. The normalized spacial score (nSPS) is 32.5. The summed E-state index contributed by atoms with van der Waals surface area (Å²) in [6.45, 7) is 1.78. The number of hydrogen-bond acceptors (Lipinski definition) is 2. The van der Waals surface area contributed by atoms with Crippen molar-refractivity contribution in [3.05, 3.63) is 9.91 Å². The van der Waals surface area contributed by atoms with Crippen LogP contribution < -0.4 is 0 Å². The minimum absolute atomic E-state index is 0.100. The van der Waals surface area contributed by atoms with Crippen molar-refractivity contribution in [1.29, 1.82) is 0 Å². The molecule has 2 aliphatic rings. The first-order valence-electron chi connectivity index (χ1n) is 5.76. The molecule has 2 unspecified atom stereocenters. The number of ether oxygens (including phenoxy) is 2. The van der Waals surface area contributed by atoms with Crippen molar-refractivity contribution in [1.82, 2.24) is 0 Å². The van der Waals surface area contributed by atoms with Gasteiger partial charge in [-0.15, -0.1) is 0 Å². The minimum atomic E-state index is -1.10. The van der Waals surface area contributed by atoms with Crippen molar-refractivity contribution >= 4 is 21.4 Å². The second-order valence-corrected chi connectivity index (χ2v) is 12.5. The van der Waals surface area contributed by atoms with E-state index < -0.39 is 21.4 Å². The third-order valence-corrected chi connectivity index (χ3v) is 9.38. The molecule has 0 aromatic rings. The Morgan fingerprint density at radius 3 is 3.07 bits per heavy atom. The molecule has 1 saturated heterocycles. The van der Waals surface area contributed by atoms with E-state index in [1.54, 1.807) is 0 Å². The molecule has 0 aromatic carbocycles. The first-order chi connectivity index (χ1) is 6.84. The fourth-order valence-corrected chi connectivity index (χ4v) is 8.17. The second-order valence-electron chi connectivity index (χ2n) is 4.49. The van der Waals surface area contributed by atoms with Crippen molar-refractivity contribution in [2.75, 3.05) is 13.2 Å². The molecule has 2 heterocycles. The van der Waals surface area contributed by atoms with Crippen LogP contribution in [-0.4, -0.2) is 40.9 Å². The molecule has 14 heavy (non-hydrogen) atoms. The monoisotopic (exact) mass is 298 g/mol.